The molecule has 0 aromatic rings. The predicted octanol–water partition coefficient (Wildman–Crippen LogP) is 0.658. The molecular formula is C17H32N3O4+. The van der Waals surface area contributed by atoms with Crippen LogP contribution in [0.4, 0.5) is 0 Å². The number of carbonyl (C=O) groups excluding carboxylic acids is 1. The SMILES string of the molecule is CC1(C)O[C@H]2[C@@H](O[N+](C)(C)C(C)(C)C)C[C@@]3(CC(=O)C3(N)N)[C@H]2O1. The molecule has 0 amide bonds. The number of nitrogens with zero attached hydrogens (tertiary/aromatic N) is 1. The number of fused-ring (bicyclic) bond motifs is 2. The Bertz CT molecular complexity index is 567. The van der Waals surface area contributed by atoms with Crippen LogP contribution < -0.4 is 11.5 Å². The van der Waals surface area contributed by atoms with Gasteiger partial charge in [-0.15, -0.1) is 0 Å². The van der Waals surface area contributed by atoms with Gasteiger partial charge in [0.2, 0.25) is 0 Å². The third-order valence-electron chi connectivity index (χ3n) is 6.38. The maximum atomic E-state index is 12.0. The lowest BCUT2D eigenvalue weighted by Crippen LogP contribution is -2.78. The molecule has 0 radical (unpaired) electrons. The number of quaternary nitrogens is 1. The number of ether oxygens (including phenoxy) is 2. The van der Waals surface area contributed by atoms with Crippen molar-refractivity contribution in [3.8, 4) is 0 Å². The van der Waals surface area contributed by atoms with Crippen molar-refractivity contribution in [2.45, 2.75) is 82.8 Å². The molecule has 1 aliphatic heterocycles. The highest BCUT2D eigenvalue weighted by Gasteiger charge is 2.75. The lowest BCUT2D eigenvalue weighted by atomic mass is 9.57. The first-order valence-electron chi connectivity index (χ1n) is 8.62. The van der Waals surface area contributed by atoms with E-state index in [4.69, 9.17) is 25.8 Å². The van der Waals surface area contributed by atoms with Crippen LogP contribution in [0.1, 0.15) is 47.5 Å². The zero-order chi connectivity index (χ0) is 18.3. The Morgan fingerprint density at radius 2 is 1.79 bits per heavy atom. The Labute approximate surface area is 144 Å². The summed E-state index contributed by atoms with van der Waals surface area (Å²) in [5.74, 6) is -0.863. The van der Waals surface area contributed by atoms with E-state index in [1.807, 2.05) is 27.9 Å². The van der Waals surface area contributed by atoms with Crippen molar-refractivity contribution in [2.24, 2.45) is 16.9 Å². The van der Waals surface area contributed by atoms with E-state index in [1.54, 1.807) is 0 Å². The highest BCUT2D eigenvalue weighted by atomic mass is 16.8. The molecule has 0 bridgehead atoms. The normalized spacial score (nSPS) is 40.7. The minimum absolute atomic E-state index is 0.113. The molecule has 0 aromatic heterocycles. The lowest BCUT2D eigenvalue weighted by Gasteiger charge is -2.53. The second-order valence-electron chi connectivity index (χ2n) is 9.52. The van der Waals surface area contributed by atoms with Gasteiger partial charge >= 0.3 is 0 Å². The molecule has 7 heteroatoms. The number of hydroxylamine groups is 3. The van der Waals surface area contributed by atoms with E-state index in [9.17, 15) is 4.79 Å². The lowest BCUT2D eigenvalue weighted by molar-refractivity contribution is -1.12. The molecule has 2 aliphatic carbocycles. The van der Waals surface area contributed by atoms with Crippen LogP contribution in [0.5, 0.6) is 0 Å². The van der Waals surface area contributed by atoms with E-state index in [1.165, 1.54) is 0 Å². The highest BCUT2D eigenvalue weighted by molar-refractivity contribution is 5.96. The van der Waals surface area contributed by atoms with Gasteiger partial charge in [0.15, 0.2) is 11.6 Å². The second kappa shape index (κ2) is 4.78. The van der Waals surface area contributed by atoms with E-state index >= 15 is 0 Å². The van der Waals surface area contributed by atoms with Crippen molar-refractivity contribution < 1.29 is 23.8 Å². The molecule has 138 valence electrons. The van der Waals surface area contributed by atoms with E-state index in [-0.39, 0.29) is 29.6 Å². The van der Waals surface area contributed by atoms with E-state index in [0.29, 0.717) is 17.5 Å². The molecule has 4 atom stereocenters. The molecule has 0 aromatic carbocycles. The van der Waals surface area contributed by atoms with Crippen molar-refractivity contribution >= 4 is 5.78 Å². The molecule has 2 saturated carbocycles. The number of ketones is 1. The summed E-state index contributed by atoms with van der Waals surface area (Å²) in [7, 11) is 4.04. The molecule has 24 heavy (non-hydrogen) atoms. The molecule has 1 spiro atoms. The van der Waals surface area contributed by atoms with Gasteiger partial charge in [0, 0.05) is 11.8 Å². The summed E-state index contributed by atoms with van der Waals surface area (Å²) in [5, 5.41) is 0. The first-order valence-corrected chi connectivity index (χ1v) is 8.62. The van der Waals surface area contributed by atoms with Gasteiger partial charge in [-0.05, 0) is 41.0 Å². The Hall–Kier alpha value is -0.570. The number of hydrogen-bond acceptors (Lipinski definition) is 6. The fraction of sp³-hybridized carbons (Fsp3) is 0.941. The third-order valence-corrected chi connectivity index (χ3v) is 6.38. The van der Waals surface area contributed by atoms with Gasteiger partial charge in [-0.1, -0.05) is 0 Å². The van der Waals surface area contributed by atoms with Crippen molar-refractivity contribution in [1.82, 2.24) is 0 Å². The van der Waals surface area contributed by atoms with Gasteiger partial charge in [0.1, 0.15) is 23.4 Å². The number of hydrogen-bond donors (Lipinski definition) is 2. The average molecular weight is 342 g/mol. The van der Waals surface area contributed by atoms with Gasteiger partial charge in [-0.25, -0.2) is 0 Å². The fourth-order valence-electron chi connectivity index (χ4n) is 4.00. The van der Waals surface area contributed by atoms with Gasteiger partial charge in [0.05, 0.1) is 20.2 Å². The van der Waals surface area contributed by atoms with Gasteiger partial charge in [-0.2, -0.15) is 9.48 Å². The van der Waals surface area contributed by atoms with E-state index in [2.05, 4.69) is 20.8 Å². The van der Waals surface area contributed by atoms with E-state index in [0.717, 1.165) is 0 Å². The highest BCUT2D eigenvalue weighted by Crippen LogP contribution is 2.60. The van der Waals surface area contributed by atoms with Crippen molar-refractivity contribution in [1.29, 1.82) is 0 Å². The molecule has 1 saturated heterocycles. The Kier molecular flexibility index (Phi) is 3.63. The maximum absolute atomic E-state index is 12.0. The molecule has 7 nitrogen and oxygen atoms in total. The van der Waals surface area contributed by atoms with E-state index < -0.39 is 16.9 Å². The molecule has 3 rings (SSSR count). The number of rotatable bonds is 2. The summed E-state index contributed by atoms with van der Waals surface area (Å²) < 4.78 is 12.6. The van der Waals surface area contributed by atoms with Gasteiger partial charge in [0.25, 0.3) is 0 Å². The second-order valence-corrected chi connectivity index (χ2v) is 9.52. The van der Waals surface area contributed by atoms with Crippen LogP contribution in [-0.4, -0.2) is 59.8 Å². The smallest absolute Gasteiger partial charge is 0.168 e. The fourth-order valence-corrected chi connectivity index (χ4v) is 4.00. The molecule has 3 aliphatic rings. The largest absolute Gasteiger partial charge is 0.344 e. The van der Waals surface area contributed by atoms with Crippen LogP contribution in [0.25, 0.3) is 0 Å². The number of Topliss-reactive ketones (excluding diaryl/α,β-unsaturated/α-hetero) is 1. The van der Waals surface area contributed by atoms with Gasteiger partial charge < -0.3 is 20.9 Å². The zero-order valence-corrected chi connectivity index (χ0v) is 15.9. The molecule has 0 unspecified atom stereocenters. The van der Waals surface area contributed by atoms with Crippen LogP contribution in [0.15, 0.2) is 0 Å². The summed E-state index contributed by atoms with van der Waals surface area (Å²) in [5.41, 5.74) is 10.3. The van der Waals surface area contributed by atoms with Crippen LogP contribution in [0.3, 0.4) is 0 Å². The molecule has 1 heterocycles. The van der Waals surface area contributed by atoms with Crippen LogP contribution in [0, 0.1) is 5.41 Å². The summed E-state index contributed by atoms with van der Waals surface area (Å²) >= 11 is 0. The topological polar surface area (TPSA) is 96.8 Å². The summed E-state index contributed by atoms with van der Waals surface area (Å²) in [4.78, 5) is 18.5. The minimum Gasteiger partial charge on any atom is -0.344 e. The molecule has 4 N–H and O–H groups in total. The maximum Gasteiger partial charge on any atom is 0.168 e. The van der Waals surface area contributed by atoms with Crippen molar-refractivity contribution in [2.75, 3.05) is 14.1 Å². The number of carbonyl (C=O) groups is 1. The summed E-state index contributed by atoms with van der Waals surface area (Å²) in [6.45, 7) is 10.1. The standard InChI is InChI=1S/C17H32N3O4/c1-14(2,3)20(6,7)24-10-8-16(9-11(21)17(16,18)19)13-12(10)22-15(4,5)23-13/h10,12-13H,8-9,18-19H2,1-7H3/q+1/t10-,12-,13-,16+/m0/s1. The first-order chi connectivity index (χ1) is 10.6. The number of nitrogens with two attached hydrogens (primary N) is 2. The third kappa shape index (κ3) is 2.29. The van der Waals surface area contributed by atoms with Crippen molar-refractivity contribution in [3.63, 3.8) is 0 Å². The Balaban J connectivity index is 1.92. The molecule has 3 fully saturated rings. The minimum atomic E-state index is -1.38. The van der Waals surface area contributed by atoms with Crippen LogP contribution in [0.2, 0.25) is 0 Å². The average Bonchev–Trinajstić information content (AvgIpc) is 2.83. The van der Waals surface area contributed by atoms with Gasteiger partial charge in [-0.3, -0.25) is 4.79 Å². The summed E-state index contributed by atoms with van der Waals surface area (Å²) in [6, 6.07) is 0. The van der Waals surface area contributed by atoms with Crippen LogP contribution >= 0.6 is 0 Å². The van der Waals surface area contributed by atoms with Crippen molar-refractivity contribution in [3.05, 3.63) is 0 Å². The monoisotopic (exact) mass is 342 g/mol. The Morgan fingerprint density at radius 1 is 1.21 bits per heavy atom. The van der Waals surface area contributed by atoms with Crippen LogP contribution in [-0.2, 0) is 19.1 Å². The zero-order valence-electron chi connectivity index (χ0n) is 15.9. The first kappa shape index (κ1) is 18.2. The predicted molar refractivity (Wildman–Crippen MR) is 88.3 cm³/mol. The summed E-state index contributed by atoms with van der Waals surface area (Å²) in [6.07, 6.45) is 0.0493. The Morgan fingerprint density at radius 3 is 2.25 bits per heavy atom. The quantitative estimate of drug-likeness (QED) is 0.435. The molecular weight excluding hydrogens is 310 g/mol.